The third-order valence-corrected chi connectivity index (χ3v) is 5.95. The SMILES string of the molecule is O=C(COC(=O)CN1C(=O)[C@H]2CCCC[C@@H]2C1=O)NC(=O)NCCC1=CCCCC1. The Morgan fingerprint density at radius 3 is 2.37 bits per heavy atom. The van der Waals surface area contributed by atoms with Gasteiger partial charge >= 0.3 is 12.0 Å². The van der Waals surface area contributed by atoms with E-state index in [9.17, 15) is 24.0 Å². The van der Waals surface area contributed by atoms with Gasteiger partial charge in [-0.15, -0.1) is 0 Å². The number of carbonyl (C=O) groups is 5. The number of rotatable bonds is 7. The Bertz CT molecular complexity index is 723. The molecule has 164 valence electrons. The maximum atomic E-state index is 12.3. The topological polar surface area (TPSA) is 122 Å². The van der Waals surface area contributed by atoms with Gasteiger partial charge in [-0.05, 0) is 44.9 Å². The monoisotopic (exact) mass is 419 g/mol. The smallest absolute Gasteiger partial charge is 0.326 e. The van der Waals surface area contributed by atoms with Crippen LogP contribution >= 0.6 is 0 Å². The summed E-state index contributed by atoms with van der Waals surface area (Å²) in [6, 6.07) is -0.651. The maximum Gasteiger partial charge on any atom is 0.326 e. The molecular weight excluding hydrogens is 390 g/mol. The summed E-state index contributed by atoms with van der Waals surface area (Å²) in [6.07, 6.45) is 10.5. The third kappa shape index (κ3) is 5.67. The molecule has 0 aromatic carbocycles. The van der Waals surface area contributed by atoms with E-state index in [0.717, 1.165) is 43.4 Å². The summed E-state index contributed by atoms with van der Waals surface area (Å²) in [6.45, 7) is -0.730. The van der Waals surface area contributed by atoms with E-state index in [2.05, 4.69) is 16.7 Å². The van der Waals surface area contributed by atoms with Crippen molar-refractivity contribution in [3.63, 3.8) is 0 Å². The number of nitrogens with zero attached hydrogens (tertiary/aromatic N) is 1. The van der Waals surface area contributed by atoms with Crippen molar-refractivity contribution in [2.24, 2.45) is 11.8 Å². The van der Waals surface area contributed by atoms with E-state index in [0.29, 0.717) is 19.4 Å². The van der Waals surface area contributed by atoms with Crippen LogP contribution in [0.5, 0.6) is 0 Å². The summed E-state index contributed by atoms with van der Waals surface area (Å²) in [4.78, 5) is 61.1. The molecule has 0 bridgehead atoms. The van der Waals surface area contributed by atoms with E-state index in [4.69, 9.17) is 4.74 Å². The fourth-order valence-electron chi connectivity index (χ4n) is 4.38. The number of esters is 1. The number of hydrogen-bond donors (Lipinski definition) is 2. The lowest BCUT2D eigenvalue weighted by Crippen LogP contribution is -2.42. The van der Waals surface area contributed by atoms with Gasteiger partial charge in [0, 0.05) is 6.54 Å². The van der Waals surface area contributed by atoms with Gasteiger partial charge in [-0.3, -0.25) is 29.4 Å². The summed E-state index contributed by atoms with van der Waals surface area (Å²) in [5.74, 6) is -2.97. The first kappa shape index (κ1) is 22.0. The van der Waals surface area contributed by atoms with Crippen LogP contribution in [0.3, 0.4) is 0 Å². The zero-order valence-corrected chi connectivity index (χ0v) is 17.1. The highest BCUT2D eigenvalue weighted by molar-refractivity contribution is 6.07. The van der Waals surface area contributed by atoms with Crippen LogP contribution in [-0.2, 0) is 23.9 Å². The molecule has 0 spiro atoms. The highest BCUT2D eigenvalue weighted by atomic mass is 16.5. The standard InChI is InChI=1S/C21H29N3O6/c25-17(23-21(29)22-11-10-14-6-2-1-3-7-14)13-30-18(26)12-24-19(27)15-8-4-5-9-16(15)20(24)28/h6,15-16H,1-5,7-13H2,(H2,22,23,25,29)/t15-,16-/m0/s1. The largest absolute Gasteiger partial charge is 0.454 e. The molecule has 9 nitrogen and oxygen atoms in total. The second-order valence-corrected chi connectivity index (χ2v) is 8.08. The summed E-state index contributed by atoms with van der Waals surface area (Å²) in [5.41, 5.74) is 1.31. The van der Waals surface area contributed by atoms with E-state index in [-0.39, 0.29) is 23.7 Å². The van der Waals surface area contributed by atoms with Gasteiger partial charge in [0.25, 0.3) is 5.91 Å². The quantitative estimate of drug-likeness (QED) is 0.366. The summed E-state index contributed by atoms with van der Waals surface area (Å²) >= 11 is 0. The van der Waals surface area contributed by atoms with Crippen LogP contribution in [0, 0.1) is 11.8 Å². The van der Waals surface area contributed by atoms with Gasteiger partial charge in [-0.1, -0.05) is 24.5 Å². The Morgan fingerprint density at radius 1 is 1.03 bits per heavy atom. The zero-order chi connectivity index (χ0) is 21.5. The molecule has 3 aliphatic rings. The number of hydrogen-bond acceptors (Lipinski definition) is 6. The molecular formula is C21H29N3O6. The molecule has 2 aliphatic carbocycles. The molecule has 5 amide bonds. The van der Waals surface area contributed by atoms with Crippen molar-refractivity contribution in [3.8, 4) is 0 Å². The molecule has 1 heterocycles. The summed E-state index contributed by atoms with van der Waals surface area (Å²) < 4.78 is 4.83. The minimum atomic E-state index is -0.852. The maximum absolute atomic E-state index is 12.3. The lowest BCUT2D eigenvalue weighted by atomic mass is 9.81. The molecule has 2 fully saturated rings. The van der Waals surface area contributed by atoms with Crippen LogP contribution < -0.4 is 10.6 Å². The van der Waals surface area contributed by atoms with Gasteiger partial charge in [0.05, 0.1) is 11.8 Å². The van der Waals surface area contributed by atoms with Crippen molar-refractivity contribution in [2.45, 2.75) is 57.8 Å². The van der Waals surface area contributed by atoms with E-state index in [1.807, 2.05) is 0 Å². The number of imide groups is 2. The van der Waals surface area contributed by atoms with E-state index in [1.54, 1.807) is 0 Å². The van der Waals surface area contributed by atoms with Crippen LogP contribution in [0.1, 0.15) is 57.8 Å². The van der Waals surface area contributed by atoms with E-state index in [1.165, 1.54) is 12.0 Å². The van der Waals surface area contributed by atoms with Crippen LogP contribution in [0.25, 0.3) is 0 Å². The number of fused-ring (bicyclic) bond motifs is 1. The van der Waals surface area contributed by atoms with Crippen molar-refractivity contribution in [1.82, 2.24) is 15.5 Å². The molecule has 9 heteroatoms. The third-order valence-electron chi connectivity index (χ3n) is 5.95. The van der Waals surface area contributed by atoms with Crippen LogP contribution in [-0.4, -0.2) is 54.3 Å². The van der Waals surface area contributed by atoms with Gasteiger partial charge in [0.1, 0.15) is 6.54 Å². The van der Waals surface area contributed by atoms with Crippen molar-refractivity contribution in [3.05, 3.63) is 11.6 Å². The molecule has 0 unspecified atom stereocenters. The number of amides is 5. The lowest BCUT2D eigenvalue weighted by Gasteiger charge is -2.19. The summed E-state index contributed by atoms with van der Waals surface area (Å²) in [7, 11) is 0. The highest BCUT2D eigenvalue weighted by Crippen LogP contribution is 2.37. The second kappa shape index (κ2) is 10.4. The number of urea groups is 1. The molecule has 3 rings (SSSR count). The number of carbonyl (C=O) groups excluding carboxylic acids is 5. The Labute approximate surface area is 175 Å². The minimum Gasteiger partial charge on any atom is -0.454 e. The van der Waals surface area contributed by atoms with E-state index < -0.39 is 31.1 Å². The molecule has 1 saturated heterocycles. The average molecular weight is 419 g/mol. The van der Waals surface area contributed by atoms with Gasteiger partial charge in [0.2, 0.25) is 11.8 Å². The Kier molecular flexibility index (Phi) is 7.59. The molecule has 0 radical (unpaired) electrons. The fourth-order valence-corrected chi connectivity index (χ4v) is 4.38. The Morgan fingerprint density at radius 2 is 1.73 bits per heavy atom. The Hall–Kier alpha value is -2.71. The first-order valence-electron chi connectivity index (χ1n) is 10.7. The Balaban J connectivity index is 1.33. The van der Waals surface area contributed by atoms with Gasteiger partial charge in [0.15, 0.2) is 6.61 Å². The predicted molar refractivity (Wildman–Crippen MR) is 106 cm³/mol. The van der Waals surface area contributed by atoms with Crippen molar-refractivity contribution >= 4 is 29.7 Å². The first-order chi connectivity index (χ1) is 14.5. The van der Waals surface area contributed by atoms with Gasteiger partial charge in [-0.25, -0.2) is 4.79 Å². The molecule has 2 N–H and O–H groups in total. The number of allylic oxidation sites excluding steroid dienone is 1. The minimum absolute atomic E-state index is 0.335. The zero-order valence-electron chi connectivity index (χ0n) is 17.1. The molecule has 1 saturated carbocycles. The van der Waals surface area contributed by atoms with Crippen LogP contribution in [0.15, 0.2) is 11.6 Å². The lowest BCUT2D eigenvalue weighted by molar-refractivity contribution is -0.154. The van der Waals surface area contributed by atoms with Crippen LogP contribution in [0.4, 0.5) is 4.79 Å². The predicted octanol–water partition coefficient (Wildman–Crippen LogP) is 1.42. The number of nitrogens with one attached hydrogen (secondary N) is 2. The molecule has 0 aromatic heterocycles. The normalized spacial score (nSPS) is 23.5. The molecule has 1 aliphatic heterocycles. The first-order valence-corrected chi connectivity index (χ1v) is 10.7. The van der Waals surface area contributed by atoms with Crippen molar-refractivity contribution in [1.29, 1.82) is 0 Å². The van der Waals surface area contributed by atoms with Gasteiger partial charge < -0.3 is 10.1 Å². The van der Waals surface area contributed by atoms with Gasteiger partial charge in [-0.2, -0.15) is 0 Å². The van der Waals surface area contributed by atoms with Crippen molar-refractivity contribution in [2.75, 3.05) is 19.7 Å². The second-order valence-electron chi connectivity index (χ2n) is 8.08. The number of ether oxygens (including phenoxy) is 1. The average Bonchev–Trinajstić information content (AvgIpc) is 2.98. The number of likely N-dealkylation sites (tertiary alicyclic amines) is 1. The van der Waals surface area contributed by atoms with Crippen LogP contribution in [0.2, 0.25) is 0 Å². The van der Waals surface area contributed by atoms with Crippen molar-refractivity contribution < 1.29 is 28.7 Å². The molecule has 0 aromatic rings. The summed E-state index contributed by atoms with van der Waals surface area (Å²) in [5, 5.41) is 4.69. The molecule has 2 atom stereocenters. The fraction of sp³-hybridized carbons (Fsp3) is 0.667. The van der Waals surface area contributed by atoms with E-state index >= 15 is 0 Å². The highest BCUT2D eigenvalue weighted by Gasteiger charge is 2.48. The molecule has 30 heavy (non-hydrogen) atoms.